The molecule has 1 atom stereocenters. The molecule has 98 valence electrons. The Labute approximate surface area is 104 Å². The van der Waals surface area contributed by atoms with Gasteiger partial charge in [0.1, 0.15) is 0 Å². The van der Waals surface area contributed by atoms with Crippen molar-refractivity contribution in [2.24, 2.45) is 0 Å². The predicted octanol–water partition coefficient (Wildman–Crippen LogP) is 0.505. The van der Waals surface area contributed by atoms with E-state index in [2.05, 4.69) is 11.5 Å². The third-order valence-electron chi connectivity index (χ3n) is 2.93. The third kappa shape index (κ3) is 3.87. The van der Waals surface area contributed by atoms with Gasteiger partial charge in [-0.25, -0.2) is 0 Å². The first-order valence-corrected chi connectivity index (χ1v) is 8.31. The second kappa shape index (κ2) is 6.08. The average molecular weight is 259 g/mol. The summed E-state index contributed by atoms with van der Waals surface area (Å²) in [7, 11) is -2.44. The normalized spacial score (nSPS) is 38.2. The second-order valence-electron chi connectivity index (χ2n) is 4.43. The van der Waals surface area contributed by atoms with Crippen molar-refractivity contribution < 1.29 is 18.0 Å². The molecular formula is C11H21NO4Si. The van der Waals surface area contributed by atoms with Gasteiger partial charge >= 0.3 is 8.80 Å². The molecule has 3 heterocycles. The molecule has 2 bridgehead atoms. The number of nitrogens with zero attached hydrogens (tertiary/aromatic N) is 1. The first kappa shape index (κ1) is 13.2. The minimum atomic E-state index is -2.44. The van der Waals surface area contributed by atoms with E-state index >= 15 is 0 Å². The van der Waals surface area contributed by atoms with E-state index in [1.807, 2.05) is 6.55 Å². The van der Waals surface area contributed by atoms with Gasteiger partial charge < -0.3 is 18.0 Å². The summed E-state index contributed by atoms with van der Waals surface area (Å²) >= 11 is 0. The van der Waals surface area contributed by atoms with Gasteiger partial charge in [0.2, 0.25) is 0 Å². The van der Waals surface area contributed by atoms with Crippen LogP contribution < -0.4 is 0 Å². The second-order valence-corrected chi connectivity index (χ2v) is 6.96. The van der Waals surface area contributed by atoms with Gasteiger partial charge in [0.05, 0.1) is 32.5 Å². The highest BCUT2D eigenvalue weighted by Crippen LogP contribution is 2.19. The minimum absolute atomic E-state index is 0.0345. The molecule has 3 saturated heterocycles. The fourth-order valence-corrected chi connectivity index (χ4v) is 4.01. The highest BCUT2D eigenvalue weighted by Gasteiger charge is 2.41. The fraction of sp³-hybridized carbons (Fsp3) is 0.818. The van der Waals surface area contributed by atoms with Crippen molar-refractivity contribution in [2.75, 3.05) is 46.1 Å². The van der Waals surface area contributed by atoms with Crippen LogP contribution in [-0.2, 0) is 18.0 Å². The maximum absolute atomic E-state index is 5.99. The topological polar surface area (TPSA) is 40.2 Å². The Morgan fingerprint density at radius 2 is 2.12 bits per heavy atom. The molecule has 0 radical (unpaired) electrons. The van der Waals surface area contributed by atoms with Gasteiger partial charge in [-0.2, -0.15) is 0 Å². The Hall–Kier alpha value is -0.243. The minimum Gasteiger partial charge on any atom is -0.375 e. The summed E-state index contributed by atoms with van der Waals surface area (Å²) in [5, 5.41) is 0. The standard InChI is InChI=1S/C11H21NO4Si/c1-3-6-13-10-11-9-12-4-7-14-17(2,16-11)15-8-5-12/h3,11H,1,4-10H2,2H3. The first-order chi connectivity index (χ1) is 8.22. The molecule has 0 aromatic rings. The molecule has 6 heteroatoms. The average Bonchev–Trinajstić information content (AvgIpc) is 2.22. The van der Waals surface area contributed by atoms with Crippen LogP contribution in [0.5, 0.6) is 0 Å². The van der Waals surface area contributed by atoms with Crippen molar-refractivity contribution >= 4 is 8.80 Å². The molecule has 5 nitrogen and oxygen atoms in total. The largest absolute Gasteiger partial charge is 0.498 e. The fourth-order valence-electron chi connectivity index (χ4n) is 2.12. The van der Waals surface area contributed by atoms with Gasteiger partial charge in [-0.15, -0.1) is 6.58 Å². The number of hydrogen-bond donors (Lipinski definition) is 0. The summed E-state index contributed by atoms with van der Waals surface area (Å²) in [4.78, 5) is 2.30. The highest BCUT2D eigenvalue weighted by atomic mass is 28.4. The van der Waals surface area contributed by atoms with Gasteiger partial charge in [0.25, 0.3) is 0 Å². The van der Waals surface area contributed by atoms with Gasteiger partial charge in [-0.3, -0.25) is 4.90 Å². The van der Waals surface area contributed by atoms with Crippen molar-refractivity contribution in [3.05, 3.63) is 12.7 Å². The molecule has 0 saturated carbocycles. The summed E-state index contributed by atoms with van der Waals surface area (Å²) in [6.45, 7) is 10.9. The van der Waals surface area contributed by atoms with Crippen LogP contribution in [0.1, 0.15) is 0 Å². The van der Waals surface area contributed by atoms with E-state index in [0.29, 0.717) is 26.4 Å². The summed E-state index contributed by atoms with van der Waals surface area (Å²) in [6, 6.07) is 0. The Morgan fingerprint density at radius 1 is 1.41 bits per heavy atom. The molecule has 3 rings (SSSR count). The van der Waals surface area contributed by atoms with Crippen molar-refractivity contribution in [1.82, 2.24) is 4.90 Å². The molecule has 0 spiro atoms. The van der Waals surface area contributed by atoms with E-state index in [-0.39, 0.29) is 6.10 Å². The van der Waals surface area contributed by atoms with E-state index in [1.165, 1.54) is 0 Å². The molecule has 0 aromatic carbocycles. The van der Waals surface area contributed by atoms with Crippen molar-refractivity contribution in [3.8, 4) is 0 Å². The predicted molar refractivity (Wildman–Crippen MR) is 65.9 cm³/mol. The van der Waals surface area contributed by atoms with Crippen LogP contribution in [0.15, 0.2) is 12.7 Å². The van der Waals surface area contributed by atoms with Gasteiger partial charge in [-0.05, 0) is 0 Å². The van der Waals surface area contributed by atoms with Crippen LogP contribution in [0.4, 0.5) is 0 Å². The number of hydrogen-bond acceptors (Lipinski definition) is 5. The SMILES string of the molecule is C=CCOCC1CN2CCO[Si](C)(OCC2)O1. The van der Waals surface area contributed by atoms with Gasteiger partial charge in [0.15, 0.2) is 0 Å². The Balaban J connectivity index is 1.95. The Bertz CT molecular complexity index is 254. The lowest BCUT2D eigenvalue weighted by Crippen LogP contribution is -2.57. The molecule has 3 aliphatic heterocycles. The maximum Gasteiger partial charge on any atom is 0.498 e. The quantitative estimate of drug-likeness (QED) is 0.418. The molecule has 0 amide bonds. The molecule has 0 N–H and O–H groups in total. The molecular weight excluding hydrogens is 238 g/mol. The zero-order valence-corrected chi connectivity index (χ0v) is 11.4. The Kier molecular flexibility index (Phi) is 4.72. The molecule has 0 aromatic heterocycles. The Morgan fingerprint density at radius 3 is 2.76 bits per heavy atom. The molecule has 3 fully saturated rings. The molecule has 17 heavy (non-hydrogen) atoms. The van der Waals surface area contributed by atoms with Crippen molar-refractivity contribution in [1.29, 1.82) is 0 Å². The summed E-state index contributed by atoms with van der Waals surface area (Å²) in [6.07, 6.45) is 1.78. The summed E-state index contributed by atoms with van der Waals surface area (Å²) in [5.74, 6) is 0. The lowest BCUT2D eigenvalue weighted by Gasteiger charge is -2.40. The maximum atomic E-state index is 5.99. The van der Waals surface area contributed by atoms with Crippen LogP contribution in [0.25, 0.3) is 0 Å². The lowest BCUT2D eigenvalue weighted by molar-refractivity contribution is -0.0602. The smallest absolute Gasteiger partial charge is 0.375 e. The van der Waals surface area contributed by atoms with E-state index in [1.54, 1.807) is 6.08 Å². The summed E-state index contributed by atoms with van der Waals surface area (Å²) < 4.78 is 23.0. The van der Waals surface area contributed by atoms with E-state index in [0.717, 1.165) is 19.6 Å². The zero-order valence-electron chi connectivity index (χ0n) is 10.4. The molecule has 1 unspecified atom stereocenters. The van der Waals surface area contributed by atoms with Crippen molar-refractivity contribution in [2.45, 2.75) is 12.7 Å². The monoisotopic (exact) mass is 259 g/mol. The number of ether oxygens (including phenoxy) is 1. The van der Waals surface area contributed by atoms with Crippen LogP contribution in [0.3, 0.4) is 0 Å². The number of rotatable bonds is 4. The summed E-state index contributed by atoms with van der Waals surface area (Å²) in [5.41, 5.74) is 0. The lowest BCUT2D eigenvalue weighted by atomic mass is 10.3. The van der Waals surface area contributed by atoms with E-state index in [9.17, 15) is 0 Å². The molecule has 0 aliphatic carbocycles. The van der Waals surface area contributed by atoms with Gasteiger partial charge in [-0.1, -0.05) is 6.08 Å². The zero-order chi connectivity index (χ0) is 12.1. The van der Waals surface area contributed by atoms with Crippen LogP contribution in [0.2, 0.25) is 6.55 Å². The number of fused-ring (bicyclic) bond motifs is 6. The van der Waals surface area contributed by atoms with E-state index < -0.39 is 8.80 Å². The van der Waals surface area contributed by atoms with Crippen LogP contribution in [0, 0.1) is 0 Å². The van der Waals surface area contributed by atoms with Crippen LogP contribution in [-0.4, -0.2) is 65.9 Å². The first-order valence-electron chi connectivity index (χ1n) is 6.08. The third-order valence-corrected chi connectivity index (χ3v) is 5.14. The van der Waals surface area contributed by atoms with Crippen LogP contribution >= 0.6 is 0 Å². The highest BCUT2D eigenvalue weighted by molar-refractivity contribution is 6.59. The van der Waals surface area contributed by atoms with Gasteiger partial charge in [0, 0.05) is 26.2 Å². The van der Waals surface area contributed by atoms with Crippen molar-refractivity contribution in [3.63, 3.8) is 0 Å². The van der Waals surface area contributed by atoms with E-state index in [4.69, 9.17) is 18.0 Å². The molecule has 3 aliphatic rings.